The van der Waals surface area contributed by atoms with E-state index in [-0.39, 0.29) is 0 Å². The highest BCUT2D eigenvalue weighted by atomic mass is 15.1. The Hall–Kier alpha value is -3.32. The first-order valence-electron chi connectivity index (χ1n) is 10.5. The summed E-state index contributed by atoms with van der Waals surface area (Å²) < 4.78 is 0. The van der Waals surface area contributed by atoms with Crippen molar-refractivity contribution in [2.75, 3.05) is 4.90 Å². The van der Waals surface area contributed by atoms with Gasteiger partial charge in [-0.15, -0.1) is 0 Å². The molecule has 4 aromatic rings. The van der Waals surface area contributed by atoms with Crippen molar-refractivity contribution in [3.63, 3.8) is 0 Å². The average Bonchev–Trinajstić information content (AvgIpc) is 2.77. The average molecular weight is 376 g/mol. The first kappa shape index (κ1) is 17.8. The van der Waals surface area contributed by atoms with Crippen molar-refractivity contribution in [2.24, 2.45) is 0 Å². The third-order valence-corrected chi connectivity index (χ3v) is 5.95. The Morgan fingerprint density at radius 3 is 1.76 bits per heavy atom. The molecular weight excluding hydrogens is 350 g/mol. The lowest BCUT2D eigenvalue weighted by atomic mass is 9.88. The second-order valence-corrected chi connectivity index (χ2v) is 7.72. The molecule has 0 bridgehead atoms. The molecule has 1 heteroatoms. The standard InChI is InChI=1S/C28H25N/c1-2-21-8-10-22(11-9-21)23-14-17-27(18-15-23)29(26-6-4-3-5-7-26)28-19-16-24-12-13-25(24)20-28/h3-11,14-20H,2,12-13H2,1H3. The number of hydrogen-bond donors (Lipinski definition) is 0. The molecule has 0 heterocycles. The molecule has 0 unspecified atom stereocenters. The molecule has 0 atom stereocenters. The summed E-state index contributed by atoms with van der Waals surface area (Å²) in [6, 6.07) is 35.3. The number of benzene rings is 4. The molecule has 5 rings (SSSR count). The van der Waals surface area contributed by atoms with Crippen molar-refractivity contribution in [1.82, 2.24) is 0 Å². The lowest BCUT2D eigenvalue weighted by molar-refractivity contribution is 0.839. The second kappa shape index (κ2) is 7.60. The van der Waals surface area contributed by atoms with Crippen LogP contribution in [0.3, 0.4) is 0 Å². The Labute approximate surface area is 173 Å². The number of fused-ring (bicyclic) bond motifs is 1. The number of rotatable bonds is 5. The van der Waals surface area contributed by atoms with Crippen LogP contribution < -0.4 is 4.90 Å². The smallest absolute Gasteiger partial charge is 0.0464 e. The Balaban J connectivity index is 1.52. The van der Waals surface area contributed by atoms with E-state index in [1.807, 2.05) is 0 Å². The molecule has 0 N–H and O–H groups in total. The van der Waals surface area contributed by atoms with Crippen molar-refractivity contribution >= 4 is 17.1 Å². The van der Waals surface area contributed by atoms with Crippen LogP contribution in [0.5, 0.6) is 0 Å². The highest BCUT2D eigenvalue weighted by molar-refractivity contribution is 5.79. The minimum atomic E-state index is 1.08. The van der Waals surface area contributed by atoms with Gasteiger partial charge >= 0.3 is 0 Å². The van der Waals surface area contributed by atoms with Gasteiger partial charge in [0.1, 0.15) is 0 Å². The van der Waals surface area contributed by atoms with E-state index in [2.05, 4.69) is 109 Å². The van der Waals surface area contributed by atoms with E-state index in [0.29, 0.717) is 0 Å². The predicted molar refractivity (Wildman–Crippen MR) is 123 cm³/mol. The van der Waals surface area contributed by atoms with Gasteiger partial charge in [-0.2, -0.15) is 0 Å². The van der Waals surface area contributed by atoms with Gasteiger partial charge in [0, 0.05) is 17.1 Å². The fourth-order valence-corrected chi connectivity index (χ4v) is 4.08. The van der Waals surface area contributed by atoms with Crippen molar-refractivity contribution in [3.05, 3.63) is 114 Å². The summed E-state index contributed by atoms with van der Waals surface area (Å²) in [7, 11) is 0. The maximum atomic E-state index is 2.35. The van der Waals surface area contributed by atoms with Gasteiger partial charge in [-0.25, -0.2) is 0 Å². The summed E-state index contributed by atoms with van der Waals surface area (Å²) in [5, 5.41) is 0. The van der Waals surface area contributed by atoms with Crippen molar-refractivity contribution in [2.45, 2.75) is 26.2 Å². The van der Waals surface area contributed by atoms with Crippen LogP contribution in [0, 0.1) is 0 Å². The molecule has 0 amide bonds. The first-order chi connectivity index (χ1) is 14.3. The Morgan fingerprint density at radius 2 is 1.17 bits per heavy atom. The molecule has 0 spiro atoms. The van der Waals surface area contributed by atoms with Gasteiger partial charge in [0.2, 0.25) is 0 Å². The van der Waals surface area contributed by atoms with Crippen LogP contribution >= 0.6 is 0 Å². The fourth-order valence-electron chi connectivity index (χ4n) is 4.08. The van der Waals surface area contributed by atoms with Crippen LogP contribution in [0.25, 0.3) is 11.1 Å². The van der Waals surface area contributed by atoms with Crippen LogP contribution in [0.2, 0.25) is 0 Å². The van der Waals surface area contributed by atoms with Gasteiger partial charge in [0.05, 0.1) is 0 Å². The molecule has 0 saturated heterocycles. The molecule has 1 aliphatic carbocycles. The van der Waals surface area contributed by atoms with E-state index in [0.717, 1.165) is 6.42 Å². The molecule has 0 aliphatic heterocycles. The SMILES string of the molecule is CCc1ccc(-c2ccc(N(c3ccccc3)c3ccc4c(c3)CC4)cc2)cc1. The molecule has 142 valence electrons. The molecule has 1 aliphatic rings. The van der Waals surface area contributed by atoms with Crippen molar-refractivity contribution in [1.29, 1.82) is 0 Å². The predicted octanol–water partition coefficient (Wildman–Crippen LogP) is 7.48. The molecule has 0 aromatic heterocycles. The van der Waals surface area contributed by atoms with E-state index < -0.39 is 0 Å². The van der Waals surface area contributed by atoms with Crippen LogP contribution in [-0.2, 0) is 19.3 Å². The molecular formula is C28H25N. The normalized spacial score (nSPS) is 12.2. The number of para-hydroxylation sites is 1. The van der Waals surface area contributed by atoms with Gasteiger partial charge in [0.15, 0.2) is 0 Å². The molecule has 0 saturated carbocycles. The lowest BCUT2D eigenvalue weighted by Gasteiger charge is -2.28. The second-order valence-electron chi connectivity index (χ2n) is 7.72. The third-order valence-electron chi connectivity index (χ3n) is 5.95. The Kier molecular flexibility index (Phi) is 4.65. The monoisotopic (exact) mass is 375 g/mol. The summed E-state index contributed by atoms with van der Waals surface area (Å²) in [5.41, 5.74) is 10.5. The zero-order valence-electron chi connectivity index (χ0n) is 16.8. The highest BCUT2D eigenvalue weighted by Crippen LogP contribution is 2.38. The van der Waals surface area contributed by atoms with E-state index in [9.17, 15) is 0 Å². The number of hydrogen-bond acceptors (Lipinski definition) is 1. The number of anilines is 3. The lowest BCUT2D eigenvalue weighted by Crippen LogP contribution is -2.13. The van der Waals surface area contributed by atoms with Gasteiger partial charge in [-0.3, -0.25) is 0 Å². The largest absolute Gasteiger partial charge is 0.310 e. The zero-order valence-corrected chi connectivity index (χ0v) is 16.8. The number of nitrogens with zero attached hydrogens (tertiary/aromatic N) is 1. The van der Waals surface area contributed by atoms with Gasteiger partial charge < -0.3 is 4.90 Å². The molecule has 4 aromatic carbocycles. The van der Waals surface area contributed by atoms with E-state index >= 15 is 0 Å². The maximum absolute atomic E-state index is 2.35. The minimum absolute atomic E-state index is 1.08. The summed E-state index contributed by atoms with van der Waals surface area (Å²) in [6.07, 6.45) is 3.48. The maximum Gasteiger partial charge on any atom is 0.0464 e. The van der Waals surface area contributed by atoms with E-state index in [1.54, 1.807) is 0 Å². The highest BCUT2D eigenvalue weighted by Gasteiger charge is 2.17. The molecule has 0 fully saturated rings. The first-order valence-corrected chi connectivity index (χ1v) is 10.5. The quantitative estimate of drug-likeness (QED) is 0.349. The number of aryl methyl sites for hydroxylation is 3. The fraction of sp³-hybridized carbons (Fsp3) is 0.143. The molecule has 0 radical (unpaired) electrons. The molecule has 1 nitrogen and oxygen atoms in total. The Bertz CT molecular complexity index is 1110. The van der Waals surface area contributed by atoms with Crippen LogP contribution in [0.15, 0.2) is 97.1 Å². The Morgan fingerprint density at radius 1 is 0.586 bits per heavy atom. The summed E-state index contributed by atoms with van der Waals surface area (Å²) >= 11 is 0. The summed E-state index contributed by atoms with van der Waals surface area (Å²) in [5.74, 6) is 0. The summed E-state index contributed by atoms with van der Waals surface area (Å²) in [4.78, 5) is 2.35. The van der Waals surface area contributed by atoms with Crippen molar-refractivity contribution in [3.8, 4) is 11.1 Å². The third kappa shape index (κ3) is 3.45. The van der Waals surface area contributed by atoms with Crippen LogP contribution in [-0.4, -0.2) is 0 Å². The van der Waals surface area contributed by atoms with Crippen LogP contribution in [0.1, 0.15) is 23.6 Å². The van der Waals surface area contributed by atoms with Gasteiger partial charge in [-0.05, 0) is 83.5 Å². The summed E-state index contributed by atoms with van der Waals surface area (Å²) in [6.45, 7) is 2.19. The van der Waals surface area contributed by atoms with Crippen LogP contribution in [0.4, 0.5) is 17.1 Å². The zero-order chi connectivity index (χ0) is 19.6. The van der Waals surface area contributed by atoms with E-state index in [1.165, 1.54) is 57.7 Å². The minimum Gasteiger partial charge on any atom is -0.310 e. The topological polar surface area (TPSA) is 3.24 Å². The van der Waals surface area contributed by atoms with Gasteiger partial charge in [-0.1, -0.05) is 67.6 Å². The van der Waals surface area contributed by atoms with Crippen molar-refractivity contribution < 1.29 is 0 Å². The van der Waals surface area contributed by atoms with Gasteiger partial charge in [0.25, 0.3) is 0 Å². The molecule has 29 heavy (non-hydrogen) atoms. The van der Waals surface area contributed by atoms with E-state index in [4.69, 9.17) is 0 Å².